The van der Waals surface area contributed by atoms with Gasteiger partial charge in [0.25, 0.3) is 11.6 Å². The van der Waals surface area contributed by atoms with Crippen LogP contribution in [0.5, 0.6) is 5.75 Å². The molecule has 2 heterocycles. The Bertz CT molecular complexity index is 901. The number of likely N-dealkylation sites (tertiary alicyclic amines) is 1. The number of carbonyl (C=O) groups excluding carboxylic acids is 1. The van der Waals surface area contributed by atoms with Crippen LogP contribution in [0.1, 0.15) is 40.7 Å². The van der Waals surface area contributed by atoms with Gasteiger partial charge in [0.1, 0.15) is 11.4 Å². The highest BCUT2D eigenvalue weighted by Gasteiger charge is 2.40. The number of amides is 1. The van der Waals surface area contributed by atoms with Crippen LogP contribution in [0.3, 0.4) is 0 Å². The lowest BCUT2D eigenvalue weighted by atomic mass is 9.83. The minimum Gasteiger partial charge on any atom is -0.487 e. The van der Waals surface area contributed by atoms with Gasteiger partial charge < -0.3 is 9.64 Å². The van der Waals surface area contributed by atoms with Crippen molar-refractivity contribution in [2.24, 2.45) is 0 Å². The van der Waals surface area contributed by atoms with Crippen LogP contribution in [-0.4, -0.2) is 34.4 Å². The van der Waals surface area contributed by atoms with Crippen LogP contribution in [0.25, 0.3) is 0 Å². The van der Waals surface area contributed by atoms with Crippen molar-refractivity contribution < 1.29 is 14.5 Å². The minimum absolute atomic E-state index is 0.0125. The van der Waals surface area contributed by atoms with E-state index in [1.54, 1.807) is 24.0 Å². The molecular formula is C21H22N2O4. The van der Waals surface area contributed by atoms with Crippen molar-refractivity contribution in [2.45, 2.75) is 38.2 Å². The van der Waals surface area contributed by atoms with Gasteiger partial charge in [0.15, 0.2) is 0 Å². The molecule has 0 saturated carbocycles. The van der Waals surface area contributed by atoms with Crippen molar-refractivity contribution in [1.82, 2.24) is 4.90 Å². The molecule has 4 rings (SSSR count). The summed E-state index contributed by atoms with van der Waals surface area (Å²) in [6, 6.07) is 12.8. The highest BCUT2D eigenvalue weighted by molar-refractivity contribution is 5.95. The van der Waals surface area contributed by atoms with Crippen LogP contribution in [0.2, 0.25) is 0 Å². The van der Waals surface area contributed by atoms with Gasteiger partial charge in [-0.2, -0.15) is 0 Å². The van der Waals surface area contributed by atoms with Crippen molar-refractivity contribution in [3.63, 3.8) is 0 Å². The Morgan fingerprint density at radius 3 is 2.63 bits per heavy atom. The number of nitro benzene ring substituents is 1. The van der Waals surface area contributed by atoms with E-state index in [9.17, 15) is 14.9 Å². The molecule has 2 aliphatic heterocycles. The summed E-state index contributed by atoms with van der Waals surface area (Å²) < 4.78 is 6.33. The second kappa shape index (κ2) is 6.68. The number of para-hydroxylation sites is 1. The normalized spacial score (nSPS) is 17.9. The van der Waals surface area contributed by atoms with E-state index in [0.717, 1.165) is 31.4 Å². The molecule has 2 aromatic carbocycles. The van der Waals surface area contributed by atoms with Crippen LogP contribution in [-0.2, 0) is 6.42 Å². The first-order valence-corrected chi connectivity index (χ1v) is 9.29. The molecule has 6 nitrogen and oxygen atoms in total. The molecule has 140 valence electrons. The standard InChI is InChI=1S/C21H22N2O4/c1-15-6-7-17(14-18(15)23(25)26)20(24)22-12-10-21(11-13-22)9-8-16-4-2-3-5-19(16)27-21/h2-7,14H,8-13H2,1H3. The molecule has 2 aromatic rings. The van der Waals surface area contributed by atoms with E-state index in [1.165, 1.54) is 11.6 Å². The number of piperidine rings is 1. The van der Waals surface area contributed by atoms with Crippen molar-refractivity contribution >= 4 is 11.6 Å². The number of aryl methyl sites for hydroxylation is 2. The molecule has 1 saturated heterocycles. The summed E-state index contributed by atoms with van der Waals surface area (Å²) in [6.45, 7) is 2.88. The molecule has 27 heavy (non-hydrogen) atoms. The molecule has 1 fully saturated rings. The highest BCUT2D eigenvalue weighted by atomic mass is 16.6. The third kappa shape index (κ3) is 3.27. The lowest BCUT2D eigenvalue weighted by Gasteiger charge is -2.44. The number of ether oxygens (including phenoxy) is 1. The van der Waals surface area contributed by atoms with Gasteiger partial charge in [-0.3, -0.25) is 14.9 Å². The number of hydrogen-bond acceptors (Lipinski definition) is 4. The molecule has 0 unspecified atom stereocenters. The zero-order valence-corrected chi connectivity index (χ0v) is 15.3. The van der Waals surface area contributed by atoms with Crippen molar-refractivity contribution in [1.29, 1.82) is 0 Å². The average Bonchev–Trinajstić information content (AvgIpc) is 2.68. The molecule has 0 aromatic heterocycles. The Balaban J connectivity index is 1.46. The third-order valence-corrected chi connectivity index (χ3v) is 5.76. The summed E-state index contributed by atoms with van der Waals surface area (Å²) in [6.07, 6.45) is 3.51. The fourth-order valence-corrected chi connectivity index (χ4v) is 4.05. The highest BCUT2D eigenvalue weighted by Crippen LogP contribution is 2.39. The van der Waals surface area contributed by atoms with E-state index in [-0.39, 0.29) is 17.2 Å². The second-order valence-electron chi connectivity index (χ2n) is 7.44. The Labute approximate surface area is 157 Å². The predicted octanol–water partition coefficient (Wildman–Crippen LogP) is 3.90. The summed E-state index contributed by atoms with van der Waals surface area (Å²) in [5.41, 5.74) is 1.96. The minimum atomic E-state index is -0.440. The first-order chi connectivity index (χ1) is 13.0. The number of benzene rings is 2. The monoisotopic (exact) mass is 366 g/mol. The topological polar surface area (TPSA) is 72.7 Å². The fourth-order valence-electron chi connectivity index (χ4n) is 4.05. The number of nitro groups is 1. The SMILES string of the molecule is Cc1ccc(C(=O)N2CCC3(CCc4ccccc4O3)CC2)cc1[N+](=O)[O-]. The van der Waals surface area contributed by atoms with Gasteiger partial charge in [0.05, 0.1) is 4.92 Å². The van der Waals surface area contributed by atoms with Gasteiger partial charge in [-0.1, -0.05) is 24.3 Å². The summed E-state index contributed by atoms with van der Waals surface area (Å²) >= 11 is 0. The van der Waals surface area contributed by atoms with E-state index in [1.807, 2.05) is 18.2 Å². The number of rotatable bonds is 2. The largest absolute Gasteiger partial charge is 0.487 e. The number of hydrogen-bond donors (Lipinski definition) is 0. The number of nitrogens with zero attached hydrogens (tertiary/aromatic N) is 2. The first kappa shape index (κ1) is 17.5. The van der Waals surface area contributed by atoms with Crippen LogP contribution in [0, 0.1) is 17.0 Å². The predicted molar refractivity (Wildman–Crippen MR) is 101 cm³/mol. The second-order valence-corrected chi connectivity index (χ2v) is 7.44. The quantitative estimate of drug-likeness (QED) is 0.597. The maximum Gasteiger partial charge on any atom is 0.273 e. The van der Waals surface area contributed by atoms with Gasteiger partial charge in [0.2, 0.25) is 0 Å². The van der Waals surface area contributed by atoms with Gasteiger partial charge in [-0.15, -0.1) is 0 Å². The number of fused-ring (bicyclic) bond motifs is 1. The summed E-state index contributed by atoms with van der Waals surface area (Å²) in [5.74, 6) is 0.807. The van der Waals surface area contributed by atoms with Crippen molar-refractivity contribution in [3.05, 3.63) is 69.3 Å². The van der Waals surface area contributed by atoms with Crippen LogP contribution in [0.4, 0.5) is 5.69 Å². The van der Waals surface area contributed by atoms with Crippen molar-refractivity contribution in [3.8, 4) is 5.75 Å². The zero-order chi connectivity index (χ0) is 19.0. The third-order valence-electron chi connectivity index (χ3n) is 5.76. The molecule has 0 bridgehead atoms. The maximum atomic E-state index is 12.8. The van der Waals surface area contributed by atoms with Gasteiger partial charge in [-0.05, 0) is 37.5 Å². The first-order valence-electron chi connectivity index (χ1n) is 9.29. The van der Waals surface area contributed by atoms with Crippen LogP contribution in [0.15, 0.2) is 42.5 Å². The van der Waals surface area contributed by atoms with E-state index in [2.05, 4.69) is 6.07 Å². The Hall–Kier alpha value is -2.89. The molecule has 0 N–H and O–H groups in total. The summed E-state index contributed by atoms with van der Waals surface area (Å²) in [5, 5.41) is 11.1. The molecule has 1 amide bonds. The molecule has 0 aliphatic carbocycles. The van der Waals surface area contributed by atoms with E-state index < -0.39 is 4.92 Å². The van der Waals surface area contributed by atoms with E-state index in [0.29, 0.717) is 24.2 Å². The summed E-state index contributed by atoms with van der Waals surface area (Å²) in [4.78, 5) is 25.3. The molecule has 0 atom stereocenters. The Morgan fingerprint density at radius 2 is 1.89 bits per heavy atom. The summed E-state index contributed by atoms with van der Waals surface area (Å²) in [7, 11) is 0. The number of carbonyl (C=O) groups is 1. The van der Waals surface area contributed by atoms with Crippen LogP contribution >= 0.6 is 0 Å². The zero-order valence-electron chi connectivity index (χ0n) is 15.3. The van der Waals surface area contributed by atoms with Gasteiger partial charge in [0, 0.05) is 43.1 Å². The van der Waals surface area contributed by atoms with Gasteiger partial charge in [-0.25, -0.2) is 0 Å². The maximum absolute atomic E-state index is 12.8. The lowest BCUT2D eigenvalue weighted by molar-refractivity contribution is -0.385. The molecule has 6 heteroatoms. The average molecular weight is 366 g/mol. The van der Waals surface area contributed by atoms with E-state index in [4.69, 9.17) is 4.74 Å². The molecular weight excluding hydrogens is 344 g/mol. The fraction of sp³-hybridized carbons (Fsp3) is 0.381. The molecule has 0 radical (unpaired) electrons. The van der Waals surface area contributed by atoms with Crippen LogP contribution < -0.4 is 4.74 Å². The Kier molecular flexibility index (Phi) is 4.34. The smallest absolute Gasteiger partial charge is 0.273 e. The van der Waals surface area contributed by atoms with Gasteiger partial charge >= 0.3 is 0 Å². The van der Waals surface area contributed by atoms with Crippen molar-refractivity contribution in [2.75, 3.05) is 13.1 Å². The Morgan fingerprint density at radius 1 is 1.15 bits per heavy atom. The lowest BCUT2D eigenvalue weighted by Crippen LogP contribution is -2.51. The van der Waals surface area contributed by atoms with E-state index >= 15 is 0 Å². The molecule has 1 spiro atoms. The molecule has 2 aliphatic rings.